The lowest BCUT2D eigenvalue weighted by atomic mass is 10.1. The molecule has 0 aliphatic carbocycles. The minimum atomic E-state index is -0.189. The number of aromatic nitrogens is 7. The highest BCUT2D eigenvalue weighted by Crippen LogP contribution is 2.25. The number of piperazine rings is 1. The zero-order chi connectivity index (χ0) is 29.9. The van der Waals surface area contributed by atoms with Crippen molar-refractivity contribution in [1.29, 1.82) is 0 Å². The third-order valence-electron chi connectivity index (χ3n) is 7.73. The fourth-order valence-corrected chi connectivity index (χ4v) is 5.54. The second-order valence-corrected chi connectivity index (χ2v) is 12.2. The maximum absolute atomic E-state index is 13.3. The fourth-order valence-electron chi connectivity index (χ4n) is 5.54. The van der Waals surface area contributed by atoms with Crippen LogP contribution in [0.25, 0.3) is 16.9 Å². The van der Waals surface area contributed by atoms with Gasteiger partial charge in [0.1, 0.15) is 11.4 Å². The van der Waals surface area contributed by atoms with Crippen molar-refractivity contribution in [3.8, 4) is 16.9 Å². The molecule has 0 radical (unpaired) electrons. The number of hydrogen-bond donors (Lipinski definition) is 0. The number of ketones is 1. The van der Waals surface area contributed by atoms with Crippen molar-refractivity contribution >= 4 is 11.5 Å². The van der Waals surface area contributed by atoms with Gasteiger partial charge >= 0.3 is 0 Å². The van der Waals surface area contributed by atoms with Crippen LogP contribution in [0.15, 0.2) is 43.0 Å². The summed E-state index contributed by atoms with van der Waals surface area (Å²) in [6, 6.07) is 6.05. The molecule has 0 spiro atoms. The highest BCUT2D eigenvalue weighted by atomic mass is 16.1. The molecular weight excluding hydrogens is 526 g/mol. The van der Waals surface area contributed by atoms with Crippen molar-refractivity contribution in [2.45, 2.75) is 72.8 Å². The minimum absolute atomic E-state index is 0.0235. The summed E-state index contributed by atoms with van der Waals surface area (Å²) in [5, 5.41) is 13.6. The van der Waals surface area contributed by atoms with Crippen molar-refractivity contribution in [2.75, 3.05) is 37.6 Å². The molecule has 0 atom stereocenters. The molecule has 1 aliphatic heterocycles. The largest absolute Gasteiger partial charge is 0.368 e. The standard InChI is InChI=1S/C32H43N9O/c1-7-9-26-18-28(36-41(26)32(4,5)6)31(42)16-24-15-30(23(3)34-19-24)40-22-29(35-37-40)25-17-27(21-33-20-25)39-13-11-38(10-8-2)12-14-39/h15,17-22H,7-14,16H2,1-6H3. The quantitative estimate of drug-likeness (QED) is 0.249. The van der Waals surface area contributed by atoms with E-state index < -0.39 is 0 Å². The number of carbonyl (C=O) groups excluding carboxylic acids is 1. The predicted molar refractivity (Wildman–Crippen MR) is 165 cm³/mol. The Labute approximate surface area is 248 Å². The van der Waals surface area contributed by atoms with E-state index >= 15 is 0 Å². The Morgan fingerprint density at radius 1 is 0.976 bits per heavy atom. The van der Waals surface area contributed by atoms with Gasteiger partial charge in [-0.2, -0.15) is 5.10 Å². The average molecular weight is 570 g/mol. The summed E-state index contributed by atoms with van der Waals surface area (Å²) in [4.78, 5) is 27.3. The van der Waals surface area contributed by atoms with Crippen LogP contribution in [0.5, 0.6) is 0 Å². The van der Waals surface area contributed by atoms with Gasteiger partial charge in [-0.15, -0.1) is 5.10 Å². The maximum atomic E-state index is 13.3. The third-order valence-corrected chi connectivity index (χ3v) is 7.73. The van der Waals surface area contributed by atoms with Gasteiger partial charge in [0.2, 0.25) is 0 Å². The lowest BCUT2D eigenvalue weighted by Crippen LogP contribution is -2.46. The third kappa shape index (κ3) is 6.59. The number of anilines is 1. The highest BCUT2D eigenvalue weighted by Gasteiger charge is 2.23. The van der Waals surface area contributed by atoms with Crippen LogP contribution < -0.4 is 4.90 Å². The van der Waals surface area contributed by atoms with Gasteiger partial charge in [-0.25, -0.2) is 4.68 Å². The minimum Gasteiger partial charge on any atom is -0.368 e. The first kappa shape index (κ1) is 29.6. The van der Waals surface area contributed by atoms with Crippen LogP contribution in [-0.2, 0) is 18.4 Å². The lowest BCUT2D eigenvalue weighted by Gasteiger charge is -2.35. The van der Waals surface area contributed by atoms with Crippen LogP contribution in [0.3, 0.4) is 0 Å². The number of nitrogens with zero attached hydrogens (tertiary/aromatic N) is 9. The fraction of sp³-hybridized carbons (Fsp3) is 0.500. The van der Waals surface area contributed by atoms with E-state index in [1.165, 1.54) is 6.42 Å². The monoisotopic (exact) mass is 569 g/mol. The smallest absolute Gasteiger partial charge is 0.187 e. The Morgan fingerprint density at radius 2 is 1.76 bits per heavy atom. The summed E-state index contributed by atoms with van der Waals surface area (Å²) in [5.41, 5.74) is 6.57. The van der Waals surface area contributed by atoms with Gasteiger partial charge in [0.15, 0.2) is 5.78 Å². The van der Waals surface area contributed by atoms with Crippen molar-refractivity contribution in [1.82, 2.24) is 39.6 Å². The number of rotatable bonds is 10. The van der Waals surface area contributed by atoms with Crippen LogP contribution in [-0.4, -0.2) is 78.1 Å². The van der Waals surface area contributed by atoms with Gasteiger partial charge in [0.05, 0.1) is 35.0 Å². The van der Waals surface area contributed by atoms with E-state index in [-0.39, 0.29) is 17.7 Å². The molecule has 4 aromatic rings. The van der Waals surface area contributed by atoms with E-state index in [2.05, 4.69) is 70.8 Å². The molecule has 10 nitrogen and oxygen atoms in total. The van der Waals surface area contributed by atoms with Crippen molar-refractivity contribution < 1.29 is 4.79 Å². The second-order valence-electron chi connectivity index (χ2n) is 12.2. The van der Waals surface area contributed by atoms with Crippen molar-refractivity contribution in [2.24, 2.45) is 0 Å². The summed E-state index contributed by atoms with van der Waals surface area (Å²) in [7, 11) is 0. The molecule has 5 rings (SSSR count). The molecule has 1 saturated heterocycles. The van der Waals surface area contributed by atoms with Gasteiger partial charge in [0.25, 0.3) is 0 Å². The Hall–Kier alpha value is -3.92. The number of Topliss-reactive ketones (excluding diaryl/α,β-unsaturated/α-hetero) is 1. The molecule has 222 valence electrons. The van der Waals surface area contributed by atoms with E-state index in [0.29, 0.717) is 5.69 Å². The first-order valence-corrected chi connectivity index (χ1v) is 15.1. The lowest BCUT2D eigenvalue weighted by molar-refractivity contribution is 0.0986. The van der Waals surface area contributed by atoms with Crippen LogP contribution in [0.2, 0.25) is 0 Å². The van der Waals surface area contributed by atoms with Gasteiger partial charge in [0, 0.05) is 56.3 Å². The number of pyridine rings is 2. The number of hydrogen-bond acceptors (Lipinski definition) is 8. The summed E-state index contributed by atoms with van der Waals surface area (Å²) >= 11 is 0. The van der Waals surface area contributed by atoms with Gasteiger partial charge in [-0.3, -0.25) is 24.3 Å². The molecule has 1 aliphatic rings. The van der Waals surface area contributed by atoms with Gasteiger partial charge in [-0.1, -0.05) is 25.5 Å². The molecule has 0 bridgehead atoms. The molecule has 0 amide bonds. The average Bonchev–Trinajstić information content (AvgIpc) is 3.63. The van der Waals surface area contributed by atoms with E-state index in [0.717, 1.165) is 85.1 Å². The number of carbonyl (C=O) groups is 1. The number of aryl methyl sites for hydroxylation is 2. The molecule has 0 N–H and O–H groups in total. The molecule has 0 aromatic carbocycles. The zero-order valence-corrected chi connectivity index (χ0v) is 25.8. The van der Waals surface area contributed by atoms with Crippen LogP contribution in [0.1, 0.15) is 74.9 Å². The Morgan fingerprint density at radius 3 is 2.48 bits per heavy atom. The molecule has 42 heavy (non-hydrogen) atoms. The maximum Gasteiger partial charge on any atom is 0.187 e. The zero-order valence-electron chi connectivity index (χ0n) is 25.8. The molecular formula is C32H43N9O. The van der Waals surface area contributed by atoms with E-state index in [1.54, 1.807) is 10.9 Å². The summed E-state index contributed by atoms with van der Waals surface area (Å²) in [6.07, 6.45) is 10.7. The van der Waals surface area contributed by atoms with E-state index in [1.807, 2.05) is 42.3 Å². The van der Waals surface area contributed by atoms with Crippen LogP contribution >= 0.6 is 0 Å². The SMILES string of the molecule is CCCc1cc(C(=O)Cc2cnc(C)c(-n3cc(-c4cncc(N5CCN(CCC)CC5)c4)nn3)c2)nn1C(C)(C)C. The van der Waals surface area contributed by atoms with Gasteiger partial charge in [-0.05, 0) is 70.8 Å². The summed E-state index contributed by atoms with van der Waals surface area (Å²) < 4.78 is 3.71. The predicted octanol–water partition coefficient (Wildman–Crippen LogP) is 4.89. The van der Waals surface area contributed by atoms with E-state index in [4.69, 9.17) is 5.10 Å². The first-order chi connectivity index (χ1) is 20.2. The Bertz CT molecular complexity index is 1520. The Kier molecular flexibility index (Phi) is 8.82. The summed E-state index contributed by atoms with van der Waals surface area (Å²) in [6.45, 7) is 17.9. The first-order valence-electron chi connectivity index (χ1n) is 15.1. The molecule has 0 unspecified atom stereocenters. The van der Waals surface area contributed by atoms with Crippen LogP contribution in [0.4, 0.5) is 5.69 Å². The highest BCUT2D eigenvalue weighted by molar-refractivity contribution is 5.95. The summed E-state index contributed by atoms with van der Waals surface area (Å²) in [5.74, 6) is -0.0235. The topological polar surface area (TPSA) is 97.9 Å². The van der Waals surface area contributed by atoms with Crippen molar-refractivity contribution in [3.63, 3.8) is 0 Å². The molecule has 5 heterocycles. The van der Waals surface area contributed by atoms with E-state index in [9.17, 15) is 4.79 Å². The van der Waals surface area contributed by atoms with Crippen molar-refractivity contribution in [3.05, 3.63) is 65.6 Å². The van der Waals surface area contributed by atoms with Crippen LogP contribution in [0, 0.1) is 6.92 Å². The Balaban J connectivity index is 1.33. The molecule has 4 aromatic heterocycles. The molecule has 10 heteroatoms. The van der Waals surface area contributed by atoms with Gasteiger partial charge < -0.3 is 4.90 Å². The molecule has 1 fully saturated rings. The second kappa shape index (κ2) is 12.5. The normalized spacial score (nSPS) is 14.5. The molecule has 0 saturated carbocycles.